The van der Waals surface area contributed by atoms with Crippen molar-refractivity contribution in [3.05, 3.63) is 42.1 Å². The van der Waals surface area contributed by atoms with E-state index in [9.17, 15) is 4.79 Å². The highest BCUT2D eigenvalue weighted by atomic mass is 16.5. The molecule has 0 aliphatic carbocycles. The first kappa shape index (κ1) is 16.7. The Balaban J connectivity index is 2.06. The van der Waals surface area contributed by atoms with Crippen molar-refractivity contribution in [2.24, 2.45) is 0 Å². The Morgan fingerprint density at radius 3 is 2.65 bits per heavy atom. The van der Waals surface area contributed by atoms with E-state index in [1.807, 2.05) is 24.3 Å². The number of rotatable bonds is 7. The number of para-hydroxylation sites is 2. The Kier molecular flexibility index (Phi) is 5.91. The molecule has 0 bridgehead atoms. The van der Waals surface area contributed by atoms with Crippen LogP contribution in [0.5, 0.6) is 5.75 Å². The Hall–Kier alpha value is -2.63. The van der Waals surface area contributed by atoms with Crippen LogP contribution in [-0.2, 0) is 0 Å². The van der Waals surface area contributed by atoms with E-state index in [2.05, 4.69) is 22.4 Å². The molecule has 6 heteroatoms. The lowest BCUT2D eigenvalue weighted by Crippen LogP contribution is -2.28. The Labute approximate surface area is 136 Å². The fourth-order valence-corrected chi connectivity index (χ4v) is 2.09. The highest BCUT2D eigenvalue weighted by Crippen LogP contribution is 2.25. The van der Waals surface area contributed by atoms with Gasteiger partial charge in [-0.2, -0.15) is 0 Å². The molecular weight excluding hydrogens is 292 g/mol. The third-order valence-corrected chi connectivity index (χ3v) is 3.45. The predicted molar refractivity (Wildman–Crippen MR) is 90.2 cm³/mol. The first-order chi connectivity index (χ1) is 11.2. The van der Waals surface area contributed by atoms with E-state index >= 15 is 0 Å². The van der Waals surface area contributed by atoms with Gasteiger partial charge in [-0.05, 0) is 30.7 Å². The van der Waals surface area contributed by atoms with Gasteiger partial charge < -0.3 is 15.0 Å². The van der Waals surface area contributed by atoms with Crippen molar-refractivity contribution in [1.82, 2.24) is 15.1 Å². The van der Waals surface area contributed by atoms with Crippen molar-refractivity contribution in [2.75, 3.05) is 26.0 Å². The average molecular weight is 314 g/mol. The number of anilines is 2. The number of methoxy groups -OCH3 is 1. The van der Waals surface area contributed by atoms with Crippen molar-refractivity contribution < 1.29 is 9.53 Å². The molecule has 1 heterocycles. The number of carbonyl (C=O) groups is 1. The minimum Gasteiger partial charge on any atom is -0.495 e. The van der Waals surface area contributed by atoms with Crippen LogP contribution in [0.25, 0.3) is 0 Å². The van der Waals surface area contributed by atoms with Gasteiger partial charge in [0.25, 0.3) is 5.91 Å². The van der Waals surface area contributed by atoms with Crippen LogP contribution in [0.2, 0.25) is 0 Å². The van der Waals surface area contributed by atoms with Gasteiger partial charge in [0.2, 0.25) is 0 Å². The summed E-state index contributed by atoms with van der Waals surface area (Å²) >= 11 is 0. The van der Waals surface area contributed by atoms with Crippen LogP contribution in [0.4, 0.5) is 11.5 Å². The van der Waals surface area contributed by atoms with Gasteiger partial charge in [0.05, 0.1) is 12.8 Å². The number of hydrogen-bond donors (Lipinski definition) is 1. The molecule has 0 aliphatic heterocycles. The number of ether oxygens (including phenoxy) is 1. The number of nitrogens with zero attached hydrogens (tertiary/aromatic N) is 3. The molecule has 6 nitrogen and oxygen atoms in total. The second-order valence-electron chi connectivity index (χ2n) is 5.21. The Morgan fingerprint density at radius 2 is 2.00 bits per heavy atom. The SMILES string of the molecule is CCCCN(C)C(=O)c1ccc(Nc2ccccc2OC)nn1. The number of carbonyl (C=O) groups excluding carboxylic acids is 1. The lowest BCUT2D eigenvalue weighted by atomic mass is 10.2. The van der Waals surface area contributed by atoms with Crippen molar-refractivity contribution in [2.45, 2.75) is 19.8 Å². The van der Waals surface area contributed by atoms with Crippen LogP contribution in [0.1, 0.15) is 30.3 Å². The number of benzene rings is 1. The average Bonchev–Trinajstić information content (AvgIpc) is 2.60. The smallest absolute Gasteiger partial charge is 0.274 e. The molecule has 0 atom stereocenters. The molecule has 2 rings (SSSR count). The second kappa shape index (κ2) is 8.12. The van der Waals surface area contributed by atoms with E-state index < -0.39 is 0 Å². The maximum atomic E-state index is 12.2. The van der Waals surface area contributed by atoms with E-state index in [1.165, 1.54) is 0 Å². The fourth-order valence-electron chi connectivity index (χ4n) is 2.09. The summed E-state index contributed by atoms with van der Waals surface area (Å²) in [6.45, 7) is 2.81. The van der Waals surface area contributed by atoms with Gasteiger partial charge in [-0.25, -0.2) is 0 Å². The van der Waals surface area contributed by atoms with E-state index in [-0.39, 0.29) is 5.91 Å². The summed E-state index contributed by atoms with van der Waals surface area (Å²) < 4.78 is 5.28. The zero-order valence-corrected chi connectivity index (χ0v) is 13.7. The maximum Gasteiger partial charge on any atom is 0.274 e. The molecule has 2 aromatic rings. The maximum absolute atomic E-state index is 12.2. The molecule has 0 aliphatic rings. The van der Waals surface area contributed by atoms with Gasteiger partial charge in [-0.3, -0.25) is 4.79 Å². The summed E-state index contributed by atoms with van der Waals surface area (Å²) in [4.78, 5) is 13.9. The predicted octanol–water partition coefficient (Wildman–Crippen LogP) is 3.10. The molecule has 0 radical (unpaired) electrons. The molecule has 1 amide bonds. The summed E-state index contributed by atoms with van der Waals surface area (Å²) in [6.07, 6.45) is 2.02. The first-order valence-electron chi connectivity index (χ1n) is 7.65. The van der Waals surface area contributed by atoms with Crippen molar-refractivity contribution in [1.29, 1.82) is 0 Å². The van der Waals surface area contributed by atoms with Crippen LogP contribution < -0.4 is 10.1 Å². The van der Waals surface area contributed by atoms with Gasteiger partial charge in [-0.15, -0.1) is 10.2 Å². The Morgan fingerprint density at radius 1 is 1.22 bits per heavy atom. The Bertz CT molecular complexity index is 643. The summed E-state index contributed by atoms with van der Waals surface area (Å²) in [7, 11) is 3.39. The van der Waals surface area contributed by atoms with Gasteiger partial charge in [0.1, 0.15) is 5.75 Å². The number of amides is 1. The van der Waals surface area contributed by atoms with Crippen molar-refractivity contribution in [3.8, 4) is 5.75 Å². The fraction of sp³-hybridized carbons (Fsp3) is 0.353. The van der Waals surface area contributed by atoms with Crippen molar-refractivity contribution >= 4 is 17.4 Å². The third-order valence-electron chi connectivity index (χ3n) is 3.45. The summed E-state index contributed by atoms with van der Waals surface area (Å²) in [5.74, 6) is 1.16. The van der Waals surface area contributed by atoms with Crippen LogP contribution in [-0.4, -0.2) is 41.7 Å². The molecule has 122 valence electrons. The molecule has 0 fully saturated rings. The summed E-state index contributed by atoms with van der Waals surface area (Å²) in [5, 5.41) is 11.2. The largest absolute Gasteiger partial charge is 0.495 e. The van der Waals surface area contributed by atoms with Gasteiger partial charge >= 0.3 is 0 Å². The molecule has 1 N–H and O–H groups in total. The van der Waals surface area contributed by atoms with Crippen LogP contribution in [0.15, 0.2) is 36.4 Å². The van der Waals surface area contributed by atoms with Crippen molar-refractivity contribution in [3.63, 3.8) is 0 Å². The normalized spacial score (nSPS) is 10.2. The number of unbranched alkanes of at least 4 members (excludes halogenated alkanes) is 1. The number of aromatic nitrogens is 2. The minimum absolute atomic E-state index is 0.116. The molecule has 1 aromatic heterocycles. The highest BCUT2D eigenvalue weighted by molar-refractivity contribution is 5.92. The standard InChI is InChI=1S/C17H22N4O2/c1-4-5-12-21(2)17(22)14-10-11-16(20-19-14)18-13-8-6-7-9-15(13)23-3/h6-11H,4-5,12H2,1-3H3,(H,18,20). The molecule has 0 unspecified atom stereocenters. The zero-order valence-electron chi connectivity index (χ0n) is 13.7. The second-order valence-corrected chi connectivity index (χ2v) is 5.21. The molecule has 0 spiro atoms. The molecule has 23 heavy (non-hydrogen) atoms. The lowest BCUT2D eigenvalue weighted by molar-refractivity contribution is 0.0786. The minimum atomic E-state index is -0.116. The van der Waals surface area contributed by atoms with Gasteiger partial charge in [-0.1, -0.05) is 25.5 Å². The number of nitrogens with one attached hydrogen (secondary N) is 1. The molecule has 1 aromatic carbocycles. The van der Waals surface area contributed by atoms with Crippen LogP contribution in [0.3, 0.4) is 0 Å². The van der Waals surface area contributed by atoms with Gasteiger partial charge in [0, 0.05) is 13.6 Å². The van der Waals surface area contributed by atoms with Crippen LogP contribution in [0, 0.1) is 0 Å². The summed E-state index contributed by atoms with van der Waals surface area (Å²) in [5.41, 5.74) is 1.14. The van der Waals surface area contributed by atoms with Crippen LogP contribution >= 0.6 is 0 Å². The van der Waals surface area contributed by atoms with E-state index in [0.717, 1.165) is 25.1 Å². The quantitative estimate of drug-likeness (QED) is 0.850. The summed E-state index contributed by atoms with van der Waals surface area (Å²) in [6, 6.07) is 11.0. The first-order valence-corrected chi connectivity index (χ1v) is 7.65. The molecular formula is C17H22N4O2. The zero-order chi connectivity index (χ0) is 16.7. The van der Waals surface area contributed by atoms with E-state index in [4.69, 9.17) is 4.74 Å². The molecule has 0 saturated carbocycles. The number of hydrogen-bond acceptors (Lipinski definition) is 5. The topological polar surface area (TPSA) is 67.4 Å². The molecule has 0 saturated heterocycles. The van der Waals surface area contributed by atoms with E-state index in [0.29, 0.717) is 17.3 Å². The monoisotopic (exact) mass is 314 g/mol. The lowest BCUT2D eigenvalue weighted by Gasteiger charge is -2.16. The highest BCUT2D eigenvalue weighted by Gasteiger charge is 2.13. The third kappa shape index (κ3) is 4.42. The van der Waals surface area contributed by atoms with E-state index in [1.54, 1.807) is 31.2 Å². The van der Waals surface area contributed by atoms with Gasteiger partial charge in [0.15, 0.2) is 11.5 Å².